The normalized spacial score (nSPS) is 17.6. The molecule has 6 nitrogen and oxygen atoms in total. The number of nitrogens with zero attached hydrogens (tertiary/aromatic N) is 4. The molecule has 7 heteroatoms. The van der Waals surface area contributed by atoms with Crippen molar-refractivity contribution in [2.24, 2.45) is 12.0 Å². The number of rotatable bonds is 6. The van der Waals surface area contributed by atoms with E-state index in [1.54, 1.807) is 0 Å². The van der Waals surface area contributed by atoms with E-state index >= 15 is 0 Å². The van der Waals surface area contributed by atoms with Gasteiger partial charge in [-0.05, 0) is 49.6 Å². The van der Waals surface area contributed by atoms with Gasteiger partial charge in [-0.25, -0.2) is 0 Å². The second-order valence-corrected chi connectivity index (χ2v) is 7.50. The molecule has 140 valence electrons. The van der Waals surface area contributed by atoms with E-state index in [0.717, 1.165) is 49.5 Å². The first kappa shape index (κ1) is 18.8. The van der Waals surface area contributed by atoms with Crippen LogP contribution in [0.1, 0.15) is 18.9 Å². The van der Waals surface area contributed by atoms with Gasteiger partial charge in [0, 0.05) is 55.6 Å². The summed E-state index contributed by atoms with van der Waals surface area (Å²) in [6.45, 7) is 5.77. The first-order valence-electron chi connectivity index (χ1n) is 9.17. The number of aryl methyl sites for hydroxylation is 1. The molecule has 2 aromatic rings. The number of nitrogens with one attached hydrogen (secondary N) is 2. The van der Waals surface area contributed by atoms with E-state index in [-0.39, 0.29) is 0 Å². The van der Waals surface area contributed by atoms with Crippen LogP contribution in [0.2, 0.25) is 0 Å². The summed E-state index contributed by atoms with van der Waals surface area (Å²) in [7, 11) is 1.94. The molecule has 0 saturated carbocycles. The van der Waals surface area contributed by atoms with Gasteiger partial charge in [0.2, 0.25) is 0 Å². The van der Waals surface area contributed by atoms with E-state index in [1.165, 1.54) is 11.3 Å². The maximum Gasteiger partial charge on any atom is 0.191 e. The summed E-state index contributed by atoms with van der Waals surface area (Å²) >= 11 is 3.50. The molecule has 0 spiro atoms. The largest absolute Gasteiger partial charge is 0.369 e. The Morgan fingerprint density at radius 2 is 2.15 bits per heavy atom. The molecule has 1 saturated heterocycles. The van der Waals surface area contributed by atoms with Crippen LogP contribution in [0.4, 0.5) is 5.69 Å². The molecule has 26 heavy (non-hydrogen) atoms. The zero-order chi connectivity index (χ0) is 18.4. The highest BCUT2D eigenvalue weighted by atomic mass is 79.9. The van der Waals surface area contributed by atoms with Crippen LogP contribution < -0.4 is 15.5 Å². The highest BCUT2D eigenvalue weighted by Gasteiger charge is 2.23. The van der Waals surface area contributed by atoms with Crippen molar-refractivity contribution in [3.8, 4) is 0 Å². The zero-order valence-electron chi connectivity index (χ0n) is 15.5. The number of halogens is 1. The Hall–Kier alpha value is -2.02. The molecular formula is C19H27BrN6. The first-order valence-corrected chi connectivity index (χ1v) is 9.96. The van der Waals surface area contributed by atoms with E-state index in [0.29, 0.717) is 6.04 Å². The third kappa shape index (κ3) is 5.24. The summed E-state index contributed by atoms with van der Waals surface area (Å²) in [5.41, 5.74) is 2.49. The minimum absolute atomic E-state index is 0.412. The Labute approximate surface area is 163 Å². The molecular weight excluding hydrogens is 392 g/mol. The van der Waals surface area contributed by atoms with Crippen molar-refractivity contribution in [1.29, 1.82) is 0 Å². The maximum atomic E-state index is 4.72. The molecule has 1 atom stereocenters. The molecule has 1 aromatic heterocycles. The smallest absolute Gasteiger partial charge is 0.191 e. The molecule has 0 amide bonds. The molecule has 1 aliphatic rings. The SMILES string of the molecule is CCNC(=NCCc1cnn(C)c1)NC1CCN(c2ccc(Br)cc2)C1. The fraction of sp³-hybridized carbons (Fsp3) is 0.474. The Bertz CT molecular complexity index is 724. The van der Waals surface area contributed by atoms with Gasteiger partial charge < -0.3 is 15.5 Å². The van der Waals surface area contributed by atoms with Crippen molar-refractivity contribution < 1.29 is 0 Å². The van der Waals surface area contributed by atoms with Crippen LogP contribution in [0.3, 0.4) is 0 Å². The van der Waals surface area contributed by atoms with Gasteiger partial charge in [0.15, 0.2) is 5.96 Å². The molecule has 0 aliphatic carbocycles. The van der Waals surface area contributed by atoms with Gasteiger partial charge >= 0.3 is 0 Å². The van der Waals surface area contributed by atoms with Gasteiger partial charge in [-0.3, -0.25) is 9.67 Å². The van der Waals surface area contributed by atoms with Crippen molar-refractivity contribution in [1.82, 2.24) is 20.4 Å². The van der Waals surface area contributed by atoms with Crippen LogP contribution in [0.25, 0.3) is 0 Å². The number of anilines is 1. The predicted octanol–water partition coefficient (Wildman–Crippen LogP) is 2.56. The topological polar surface area (TPSA) is 57.5 Å². The van der Waals surface area contributed by atoms with Crippen molar-refractivity contribution in [3.05, 3.63) is 46.7 Å². The Balaban J connectivity index is 1.52. The molecule has 0 radical (unpaired) electrons. The molecule has 2 N–H and O–H groups in total. The summed E-state index contributed by atoms with van der Waals surface area (Å²) < 4.78 is 2.95. The molecule has 1 fully saturated rings. The van der Waals surface area contributed by atoms with Crippen LogP contribution in [0.5, 0.6) is 0 Å². The standard InChI is InChI=1S/C19H27BrN6/c1-3-21-19(22-10-8-15-12-23-25(2)13-15)24-17-9-11-26(14-17)18-6-4-16(20)5-7-18/h4-7,12-13,17H,3,8-11,14H2,1-2H3,(H2,21,22,24). The highest BCUT2D eigenvalue weighted by molar-refractivity contribution is 9.10. The lowest BCUT2D eigenvalue weighted by molar-refractivity contribution is 0.649. The number of aromatic nitrogens is 2. The lowest BCUT2D eigenvalue weighted by Gasteiger charge is -2.20. The average molecular weight is 419 g/mol. The molecule has 2 heterocycles. The number of benzene rings is 1. The molecule has 3 rings (SSSR count). The van der Waals surface area contributed by atoms with Crippen LogP contribution >= 0.6 is 15.9 Å². The van der Waals surface area contributed by atoms with E-state index < -0.39 is 0 Å². The van der Waals surface area contributed by atoms with Crippen LogP contribution in [0, 0.1) is 0 Å². The zero-order valence-corrected chi connectivity index (χ0v) is 17.0. The lowest BCUT2D eigenvalue weighted by atomic mass is 10.2. The lowest BCUT2D eigenvalue weighted by Crippen LogP contribution is -2.44. The van der Waals surface area contributed by atoms with E-state index in [2.05, 4.69) is 67.8 Å². The van der Waals surface area contributed by atoms with Crippen LogP contribution in [0.15, 0.2) is 46.1 Å². The van der Waals surface area contributed by atoms with Crippen LogP contribution in [-0.4, -0.2) is 48.0 Å². The van der Waals surface area contributed by atoms with Gasteiger partial charge in [-0.2, -0.15) is 5.10 Å². The van der Waals surface area contributed by atoms with Gasteiger partial charge in [0.1, 0.15) is 0 Å². The fourth-order valence-electron chi connectivity index (χ4n) is 3.18. The monoisotopic (exact) mass is 418 g/mol. The fourth-order valence-corrected chi connectivity index (χ4v) is 3.44. The average Bonchev–Trinajstić information content (AvgIpc) is 3.25. The third-order valence-electron chi connectivity index (χ3n) is 4.49. The maximum absolute atomic E-state index is 4.72. The summed E-state index contributed by atoms with van der Waals surface area (Å²) in [5.74, 6) is 0.902. The van der Waals surface area contributed by atoms with E-state index in [4.69, 9.17) is 4.99 Å². The van der Waals surface area contributed by atoms with E-state index in [1.807, 2.05) is 24.1 Å². The second-order valence-electron chi connectivity index (χ2n) is 6.59. The quantitative estimate of drug-likeness (QED) is 0.558. The summed E-state index contributed by atoms with van der Waals surface area (Å²) in [5, 5.41) is 11.1. The van der Waals surface area contributed by atoms with Crippen molar-refractivity contribution >= 4 is 27.6 Å². The van der Waals surface area contributed by atoms with E-state index in [9.17, 15) is 0 Å². The summed E-state index contributed by atoms with van der Waals surface area (Å²) in [6.07, 6.45) is 5.97. The summed E-state index contributed by atoms with van der Waals surface area (Å²) in [4.78, 5) is 7.14. The number of guanidine groups is 1. The molecule has 1 aliphatic heterocycles. The highest BCUT2D eigenvalue weighted by Crippen LogP contribution is 2.22. The van der Waals surface area contributed by atoms with Crippen molar-refractivity contribution in [3.63, 3.8) is 0 Å². The van der Waals surface area contributed by atoms with Gasteiger partial charge in [-0.1, -0.05) is 15.9 Å². The minimum Gasteiger partial charge on any atom is -0.369 e. The Kier molecular flexibility index (Phi) is 6.55. The van der Waals surface area contributed by atoms with Gasteiger partial charge in [-0.15, -0.1) is 0 Å². The molecule has 1 aromatic carbocycles. The van der Waals surface area contributed by atoms with Crippen molar-refractivity contribution in [2.75, 3.05) is 31.1 Å². The number of aliphatic imine (C=N–C) groups is 1. The predicted molar refractivity (Wildman–Crippen MR) is 111 cm³/mol. The Morgan fingerprint density at radius 1 is 1.35 bits per heavy atom. The third-order valence-corrected chi connectivity index (χ3v) is 5.02. The first-order chi connectivity index (χ1) is 12.6. The van der Waals surface area contributed by atoms with Gasteiger partial charge in [0.25, 0.3) is 0 Å². The second kappa shape index (κ2) is 9.07. The number of hydrogen-bond acceptors (Lipinski definition) is 3. The molecule has 0 bridgehead atoms. The summed E-state index contributed by atoms with van der Waals surface area (Å²) in [6, 6.07) is 8.94. The molecule has 1 unspecified atom stereocenters. The van der Waals surface area contributed by atoms with Crippen molar-refractivity contribution in [2.45, 2.75) is 25.8 Å². The Morgan fingerprint density at radius 3 is 2.85 bits per heavy atom. The minimum atomic E-state index is 0.412. The van der Waals surface area contributed by atoms with Crippen LogP contribution in [-0.2, 0) is 13.5 Å². The van der Waals surface area contributed by atoms with Gasteiger partial charge in [0.05, 0.1) is 6.20 Å². The number of hydrogen-bond donors (Lipinski definition) is 2.